The van der Waals surface area contributed by atoms with Crippen LogP contribution in [0.1, 0.15) is 33.1 Å². The molecule has 5 nitrogen and oxygen atoms in total. The Morgan fingerprint density at radius 2 is 1.75 bits per heavy atom. The van der Waals surface area contributed by atoms with Gasteiger partial charge >= 0.3 is 0 Å². The molecule has 0 saturated carbocycles. The molecule has 0 rings (SSSR count). The van der Waals surface area contributed by atoms with Crippen LogP contribution < -0.4 is 5.32 Å². The number of sulfone groups is 1. The van der Waals surface area contributed by atoms with Crippen molar-refractivity contribution < 1.29 is 17.7 Å². The number of rotatable bonds is 10. The van der Waals surface area contributed by atoms with Crippen molar-refractivity contribution in [2.45, 2.75) is 33.1 Å². The topological polar surface area (TPSA) is 63.2 Å². The maximum absolute atomic E-state index is 11.6. The van der Waals surface area contributed by atoms with E-state index in [1.165, 1.54) is 6.26 Å². The van der Waals surface area contributed by atoms with Gasteiger partial charge in [0, 0.05) is 31.6 Å². The summed E-state index contributed by atoms with van der Waals surface area (Å²) in [5.74, 6) is 0.446. The summed E-state index contributed by atoms with van der Waals surface area (Å²) in [5.41, 5.74) is 0. The summed E-state index contributed by atoms with van der Waals surface area (Å²) < 4.78 is 23.0. The van der Waals surface area contributed by atoms with Gasteiger partial charge in [-0.05, 0) is 6.42 Å². The van der Waals surface area contributed by atoms with Crippen LogP contribution in [0.2, 0.25) is 0 Å². The van der Waals surface area contributed by atoms with E-state index >= 15 is 0 Å². The lowest BCUT2D eigenvalue weighted by Crippen LogP contribution is -2.43. The van der Waals surface area contributed by atoms with Crippen LogP contribution in [0.25, 0.3) is 0 Å². The normalized spacial score (nSPS) is 14.1. The number of carbonyl (C=O) groups is 1. The average molecular weight is 307 g/mol. The fraction of sp³-hybridized carbons (Fsp3) is 0.929. The Morgan fingerprint density at radius 1 is 1.20 bits per heavy atom. The molecule has 0 aliphatic carbocycles. The summed E-state index contributed by atoms with van der Waals surface area (Å²) in [6.45, 7) is 6.40. The van der Waals surface area contributed by atoms with E-state index in [0.717, 1.165) is 30.4 Å². The molecule has 0 saturated heterocycles. The van der Waals surface area contributed by atoms with Crippen LogP contribution in [0.15, 0.2) is 0 Å². The molecule has 0 aliphatic heterocycles. The molecular weight excluding hydrogens is 276 g/mol. The predicted octanol–water partition coefficient (Wildman–Crippen LogP) is 1.05. The molecule has 120 valence electrons. The minimum atomic E-state index is -2.86. The van der Waals surface area contributed by atoms with Gasteiger partial charge in [0.25, 0.3) is 0 Å². The highest BCUT2D eigenvalue weighted by atomic mass is 32.2. The van der Waals surface area contributed by atoms with Gasteiger partial charge in [0.1, 0.15) is 9.84 Å². The molecule has 1 atom stereocenters. The average Bonchev–Trinajstić information content (AvgIpc) is 2.31. The van der Waals surface area contributed by atoms with Gasteiger partial charge in [0.05, 0.1) is 32.9 Å². The Balaban J connectivity index is 3.85. The van der Waals surface area contributed by atoms with Gasteiger partial charge in [-0.1, -0.05) is 13.8 Å². The van der Waals surface area contributed by atoms with E-state index in [1.54, 1.807) is 0 Å². The van der Waals surface area contributed by atoms with Crippen LogP contribution in [-0.2, 0) is 14.6 Å². The van der Waals surface area contributed by atoms with Crippen molar-refractivity contribution in [3.05, 3.63) is 0 Å². The lowest BCUT2D eigenvalue weighted by atomic mass is 10.1. The van der Waals surface area contributed by atoms with Crippen LogP contribution in [0.3, 0.4) is 0 Å². The number of quaternary nitrogens is 1. The van der Waals surface area contributed by atoms with Gasteiger partial charge in [0.2, 0.25) is 5.91 Å². The van der Waals surface area contributed by atoms with E-state index in [1.807, 2.05) is 13.8 Å². The molecule has 6 heteroatoms. The zero-order valence-corrected chi connectivity index (χ0v) is 14.4. The van der Waals surface area contributed by atoms with Crippen molar-refractivity contribution in [2.75, 3.05) is 45.7 Å². The SMILES string of the molecule is CCC(C)C(=O)NCCC[N+](C)(C)CCCS(C)(=O)=O. The second-order valence-electron chi connectivity index (χ2n) is 6.32. The molecule has 20 heavy (non-hydrogen) atoms. The van der Waals surface area contributed by atoms with E-state index in [2.05, 4.69) is 19.4 Å². The van der Waals surface area contributed by atoms with E-state index in [9.17, 15) is 13.2 Å². The number of hydrogen-bond donors (Lipinski definition) is 1. The van der Waals surface area contributed by atoms with Gasteiger partial charge in [-0.2, -0.15) is 0 Å². The van der Waals surface area contributed by atoms with Crippen LogP contribution in [0.4, 0.5) is 0 Å². The van der Waals surface area contributed by atoms with Crippen molar-refractivity contribution in [1.82, 2.24) is 5.32 Å². The maximum Gasteiger partial charge on any atom is 0.222 e. The molecule has 0 fully saturated rings. The molecule has 1 N–H and O–H groups in total. The standard InChI is InChI=1S/C14H30N2O3S/c1-6-13(2)14(17)15-9-7-10-16(3,4)11-8-12-20(5,18)19/h13H,6-12H2,1-5H3/p+1. The number of amides is 1. The van der Waals surface area contributed by atoms with Crippen molar-refractivity contribution in [2.24, 2.45) is 5.92 Å². The highest BCUT2D eigenvalue weighted by molar-refractivity contribution is 7.90. The lowest BCUT2D eigenvalue weighted by Gasteiger charge is -2.29. The van der Waals surface area contributed by atoms with E-state index in [4.69, 9.17) is 0 Å². The third-order valence-corrected chi connectivity index (χ3v) is 4.61. The highest BCUT2D eigenvalue weighted by Crippen LogP contribution is 2.03. The Kier molecular flexibility index (Phi) is 8.35. The summed E-state index contributed by atoms with van der Waals surface area (Å²) in [4.78, 5) is 11.6. The first-order chi connectivity index (χ1) is 9.07. The summed E-state index contributed by atoms with van der Waals surface area (Å²) in [5, 5.41) is 2.94. The summed E-state index contributed by atoms with van der Waals surface area (Å²) in [6.07, 6.45) is 3.73. The Labute approximate surface area is 124 Å². The zero-order chi connectivity index (χ0) is 15.8. The molecule has 0 spiro atoms. The predicted molar refractivity (Wildman–Crippen MR) is 83.3 cm³/mol. The number of carbonyl (C=O) groups excluding carboxylic acids is 1. The molecule has 0 aromatic rings. The van der Waals surface area contributed by atoms with Crippen molar-refractivity contribution in [1.29, 1.82) is 0 Å². The lowest BCUT2D eigenvalue weighted by molar-refractivity contribution is -0.890. The van der Waals surface area contributed by atoms with Crippen molar-refractivity contribution in [3.8, 4) is 0 Å². The molecule has 0 aromatic carbocycles. The highest BCUT2D eigenvalue weighted by Gasteiger charge is 2.16. The quantitative estimate of drug-likeness (QED) is 0.485. The van der Waals surface area contributed by atoms with E-state index in [0.29, 0.717) is 13.0 Å². The van der Waals surface area contributed by atoms with Gasteiger partial charge < -0.3 is 9.80 Å². The molecule has 1 unspecified atom stereocenters. The second-order valence-corrected chi connectivity index (χ2v) is 8.58. The second kappa shape index (κ2) is 8.62. The summed E-state index contributed by atoms with van der Waals surface area (Å²) in [7, 11) is 1.33. The summed E-state index contributed by atoms with van der Waals surface area (Å²) >= 11 is 0. The van der Waals surface area contributed by atoms with E-state index < -0.39 is 9.84 Å². The molecule has 0 heterocycles. The van der Waals surface area contributed by atoms with Crippen LogP contribution >= 0.6 is 0 Å². The number of nitrogens with zero attached hydrogens (tertiary/aromatic N) is 1. The van der Waals surface area contributed by atoms with Crippen LogP contribution in [0, 0.1) is 5.92 Å². The minimum absolute atomic E-state index is 0.0762. The van der Waals surface area contributed by atoms with Gasteiger partial charge in [-0.25, -0.2) is 8.42 Å². The Morgan fingerprint density at radius 3 is 2.25 bits per heavy atom. The smallest absolute Gasteiger partial charge is 0.222 e. The monoisotopic (exact) mass is 307 g/mol. The molecule has 0 aromatic heterocycles. The third kappa shape index (κ3) is 10.2. The van der Waals surface area contributed by atoms with Gasteiger partial charge in [0.15, 0.2) is 0 Å². The van der Waals surface area contributed by atoms with E-state index in [-0.39, 0.29) is 17.6 Å². The third-order valence-electron chi connectivity index (χ3n) is 3.58. The van der Waals surface area contributed by atoms with Crippen molar-refractivity contribution >= 4 is 15.7 Å². The largest absolute Gasteiger partial charge is 0.356 e. The zero-order valence-electron chi connectivity index (χ0n) is 13.6. The first kappa shape index (κ1) is 19.4. The molecular formula is C14H31N2O3S+. The van der Waals surface area contributed by atoms with Crippen LogP contribution in [0.5, 0.6) is 0 Å². The first-order valence-corrected chi connectivity index (χ1v) is 9.41. The number of hydrogen-bond acceptors (Lipinski definition) is 3. The molecule has 0 radical (unpaired) electrons. The fourth-order valence-corrected chi connectivity index (χ4v) is 2.60. The Hall–Kier alpha value is -0.620. The Bertz CT molecular complexity index is 391. The maximum atomic E-state index is 11.6. The molecule has 1 amide bonds. The van der Waals surface area contributed by atoms with Gasteiger partial charge in [-0.15, -0.1) is 0 Å². The van der Waals surface area contributed by atoms with Crippen molar-refractivity contribution in [3.63, 3.8) is 0 Å². The number of nitrogens with one attached hydrogen (secondary N) is 1. The fourth-order valence-electron chi connectivity index (χ4n) is 1.94. The minimum Gasteiger partial charge on any atom is -0.356 e. The van der Waals surface area contributed by atoms with Crippen LogP contribution in [-0.4, -0.2) is 64.5 Å². The van der Waals surface area contributed by atoms with Gasteiger partial charge in [-0.3, -0.25) is 4.79 Å². The molecule has 0 bridgehead atoms. The summed E-state index contributed by atoms with van der Waals surface area (Å²) in [6, 6.07) is 0. The first-order valence-electron chi connectivity index (χ1n) is 7.35. The molecule has 0 aliphatic rings.